The van der Waals surface area contributed by atoms with Crippen molar-refractivity contribution in [3.05, 3.63) is 30.1 Å². The maximum absolute atomic E-state index is 11.1. The van der Waals surface area contributed by atoms with Gasteiger partial charge in [-0.15, -0.1) is 0 Å². The first-order chi connectivity index (χ1) is 9.75. The second-order valence-electron chi connectivity index (χ2n) is 5.29. The van der Waals surface area contributed by atoms with Crippen molar-refractivity contribution in [1.29, 1.82) is 0 Å². The molecule has 0 spiro atoms. The van der Waals surface area contributed by atoms with E-state index in [0.29, 0.717) is 5.52 Å². The third-order valence-electron chi connectivity index (χ3n) is 3.62. The van der Waals surface area contributed by atoms with E-state index in [1.54, 1.807) is 18.5 Å². The molecule has 0 aliphatic heterocycles. The molecule has 5 nitrogen and oxygen atoms in total. The quantitative estimate of drug-likeness (QED) is 0.788. The second kappa shape index (κ2) is 5.63. The van der Waals surface area contributed by atoms with Crippen LogP contribution in [-0.2, 0) is 11.3 Å². The van der Waals surface area contributed by atoms with Crippen molar-refractivity contribution in [1.82, 2.24) is 9.55 Å². The van der Waals surface area contributed by atoms with Crippen molar-refractivity contribution < 1.29 is 14.6 Å². The molecule has 0 radical (unpaired) electrons. The van der Waals surface area contributed by atoms with E-state index in [1.165, 1.54) is 12.8 Å². The van der Waals surface area contributed by atoms with E-state index in [1.807, 2.05) is 10.6 Å². The standard InChI is InChI=1S/C15H18N2O3/c18-15(19)12-3-1-4-13-14(12)16-10-17(13)7-2-8-20-9-11-5-6-11/h1,3-4,10-11H,2,5-9H2,(H,18,19). The maximum Gasteiger partial charge on any atom is 0.337 e. The molecule has 1 fully saturated rings. The molecule has 1 aromatic carbocycles. The van der Waals surface area contributed by atoms with E-state index in [9.17, 15) is 4.79 Å². The molecule has 1 aliphatic rings. The number of para-hydroxylation sites is 1. The zero-order chi connectivity index (χ0) is 13.9. The summed E-state index contributed by atoms with van der Waals surface area (Å²) in [6.07, 6.45) is 5.24. The Morgan fingerprint density at radius 3 is 3.05 bits per heavy atom. The van der Waals surface area contributed by atoms with Gasteiger partial charge in [0, 0.05) is 19.8 Å². The Morgan fingerprint density at radius 2 is 2.30 bits per heavy atom. The van der Waals surface area contributed by atoms with Gasteiger partial charge in [0.15, 0.2) is 0 Å². The predicted molar refractivity (Wildman–Crippen MR) is 74.9 cm³/mol. The zero-order valence-corrected chi connectivity index (χ0v) is 11.3. The third kappa shape index (κ3) is 2.82. The number of carboxylic acids is 1. The largest absolute Gasteiger partial charge is 0.478 e. The number of ether oxygens (including phenoxy) is 1. The first kappa shape index (κ1) is 13.1. The minimum absolute atomic E-state index is 0.256. The fraction of sp³-hybridized carbons (Fsp3) is 0.467. The number of carbonyl (C=O) groups is 1. The van der Waals surface area contributed by atoms with E-state index < -0.39 is 5.97 Å². The lowest BCUT2D eigenvalue weighted by atomic mass is 10.2. The molecule has 5 heteroatoms. The van der Waals surface area contributed by atoms with Crippen molar-refractivity contribution in [2.45, 2.75) is 25.8 Å². The van der Waals surface area contributed by atoms with Crippen LogP contribution in [0.2, 0.25) is 0 Å². The van der Waals surface area contributed by atoms with Crippen molar-refractivity contribution in [3.8, 4) is 0 Å². The van der Waals surface area contributed by atoms with Gasteiger partial charge >= 0.3 is 5.97 Å². The number of rotatable bonds is 7. The second-order valence-corrected chi connectivity index (χ2v) is 5.29. The number of aromatic nitrogens is 2. The van der Waals surface area contributed by atoms with Gasteiger partial charge in [-0.1, -0.05) is 6.07 Å². The number of carboxylic acid groups (broad SMARTS) is 1. The number of nitrogens with zero attached hydrogens (tertiary/aromatic N) is 2. The van der Waals surface area contributed by atoms with Crippen molar-refractivity contribution in [2.24, 2.45) is 5.92 Å². The normalized spacial score (nSPS) is 14.8. The van der Waals surface area contributed by atoms with Gasteiger partial charge in [0.05, 0.1) is 17.4 Å². The van der Waals surface area contributed by atoms with Crippen LogP contribution in [0.25, 0.3) is 11.0 Å². The maximum atomic E-state index is 11.1. The van der Waals surface area contributed by atoms with E-state index >= 15 is 0 Å². The Bertz CT molecular complexity index is 617. The Balaban J connectivity index is 1.62. The molecule has 1 N–H and O–H groups in total. The zero-order valence-electron chi connectivity index (χ0n) is 11.3. The summed E-state index contributed by atoms with van der Waals surface area (Å²) in [6.45, 7) is 2.42. The Morgan fingerprint density at radius 1 is 1.45 bits per heavy atom. The van der Waals surface area contributed by atoms with Crippen LogP contribution in [0.5, 0.6) is 0 Å². The number of fused-ring (bicyclic) bond motifs is 1. The highest BCUT2D eigenvalue weighted by Crippen LogP contribution is 2.28. The summed E-state index contributed by atoms with van der Waals surface area (Å²) in [7, 11) is 0. The fourth-order valence-corrected chi connectivity index (χ4v) is 2.31. The molecule has 1 saturated carbocycles. The summed E-state index contributed by atoms with van der Waals surface area (Å²) in [5, 5.41) is 9.13. The third-order valence-corrected chi connectivity index (χ3v) is 3.62. The van der Waals surface area contributed by atoms with Crippen molar-refractivity contribution in [3.63, 3.8) is 0 Å². The molecule has 0 atom stereocenters. The van der Waals surface area contributed by atoms with Crippen LogP contribution in [0.3, 0.4) is 0 Å². The van der Waals surface area contributed by atoms with Crippen LogP contribution in [-0.4, -0.2) is 33.8 Å². The lowest BCUT2D eigenvalue weighted by Crippen LogP contribution is -2.04. The van der Waals surface area contributed by atoms with Gasteiger partial charge in [-0.05, 0) is 37.3 Å². The highest BCUT2D eigenvalue weighted by molar-refractivity contribution is 6.00. The molecule has 3 rings (SSSR count). The van der Waals surface area contributed by atoms with Crippen LogP contribution in [0.1, 0.15) is 29.6 Å². The molecule has 0 bridgehead atoms. The van der Waals surface area contributed by atoms with Gasteiger partial charge in [0.2, 0.25) is 0 Å². The Hall–Kier alpha value is -1.88. The first-order valence-electron chi connectivity index (χ1n) is 7.00. The van der Waals surface area contributed by atoms with E-state index in [2.05, 4.69) is 4.98 Å². The summed E-state index contributed by atoms with van der Waals surface area (Å²) in [4.78, 5) is 15.3. The van der Waals surface area contributed by atoms with Gasteiger partial charge in [0.1, 0.15) is 5.52 Å². The SMILES string of the molecule is O=C(O)c1cccc2c1ncn2CCCOCC1CC1. The molecule has 1 heterocycles. The van der Waals surface area contributed by atoms with E-state index in [0.717, 1.165) is 37.6 Å². The average molecular weight is 274 g/mol. The summed E-state index contributed by atoms with van der Waals surface area (Å²) in [6, 6.07) is 5.24. The lowest BCUT2D eigenvalue weighted by Gasteiger charge is -2.05. The fourth-order valence-electron chi connectivity index (χ4n) is 2.31. The smallest absolute Gasteiger partial charge is 0.337 e. The van der Waals surface area contributed by atoms with Gasteiger partial charge in [0.25, 0.3) is 0 Å². The predicted octanol–water partition coefficient (Wildman–Crippen LogP) is 2.55. The highest BCUT2D eigenvalue weighted by Gasteiger charge is 2.20. The molecule has 106 valence electrons. The molecule has 0 saturated heterocycles. The monoisotopic (exact) mass is 274 g/mol. The van der Waals surface area contributed by atoms with Crippen LogP contribution >= 0.6 is 0 Å². The van der Waals surface area contributed by atoms with Crippen LogP contribution in [0, 0.1) is 5.92 Å². The molecule has 20 heavy (non-hydrogen) atoms. The molecule has 1 aromatic heterocycles. The van der Waals surface area contributed by atoms with Crippen molar-refractivity contribution in [2.75, 3.05) is 13.2 Å². The topological polar surface area (TPSA) is 64.3 Å². The minimum atomic E-state index is -0.936. The minimum Gasteiger partial charge on any atom is -0.478 e. The average Bonchev–Trinajstić information content (AvgIpc) is 3.17. The molecule has 0 amide bonds. The number of aromatic carboxylic acids is 1. The summed E-state index contributed by atoms with van der Waals surface area (Å²) in [5.74, 6) is -0.143. The van der Waals surface area contributed by atoms with E-state index in [-0.39, 0.29) is 5.56 Å². The Kier molecular flexibility index (Phi) is 3.69. The molecular formula is C15H18N2O3. The number of imidazole rings is 1. The summed E-state index contributed by atoms with van der Waals surface area (Å²) >= 11 is 0. The van der Waals surface area contributed by atoms with Gasteiger partial charge in [-0.2, -0.15) is 0 Å². The van der Waals surface area contributed by atoms with Gasteiger partial charge in [-0.25, -0.2) is 9.78 Å². The molecular weight excluding hydrogens is 256 g/mol. The van der Waals surface area contributed by atoms with Crippen LogP contribution in [0.4, 0.5) is 0 Å². The van der Waals surface area contributed by atoms with Gasteiger partial charge < -0.3 is 14.4 Å². The number of hydrogen-bond donors (Lipinski definition) is 1. The first-order valence-corrected chi connectivity index (χ1v) is 7.00. The summed E-state index contributed by atoms with van der Waals surface area (Å²) < 4.78 is 7.59. The lowest BCUT2D eigenvalue weighted by molar-refractivity contribution is 0.0699. The van der Waals surface area contributed by atoms with Crippen molar-refractivity contribution >= 4 is 17.0 Å². The molecule has 0 unspecified atom stereocenters. The molecule has 1 aliphatic carbocycles. The van der Waals surface area contributed by atoms with E-state index in [4.69, 9.17) is 9.84 Å². The number of aryl methyl sites for hydroxylation is 1. The van der Waals surface area contributed by atoms with Gasteiger partial charge in [-0.3, -0.25) is 0 Å². The Labute approximate surface area is 117 Å². The number of hydrogen-bond acceptors (Lipinski definition) is 3. The highest BCUT2D eigenvalue weighted by atomic mass is 16.5. The summed E-state index contributed by atoms with van der Waals surface area (Å²) in [5.41, 5.74) is 1.68. The number of benzene rings is 1. The molecule has 2 aromatic rings. The van der Waals surface area contributed by atoms with Crippen LogP contribution in [0.15, 0.2) is 24.5 Å². The van der Waals surface area contributed by atoms with Crippen LogP contribution < -0.4 is 0 Å².